The second-order valence-corrected chi connectivity index (χ2v) is 8.94. The number of ether oxygens (including phenoxy) is 1. The topological polar surface area (TPSA) is 140 Å². The lowest BCUT2D eigenvalue weighted by atomic mass is 10.2. The molecule has 1 N–H and O–H groups in total. The van der Waals surface area contributed by atoms with Gasteiger partial charge in [-0.15, -0.1) is 11.3 Å². The fourth-order valence-electron chi connectivity index (χ4n) is 2.58. The van der Waals surface area contributed by atoms with Crippen molar-refractivity contribution in [1.82, 2.24) is 4.31 Å². The standard InChI is InChI=1S/C20H20N4O5S2/c1-2-29-20(26)17-9-14-30-19(17)23-18(25)15-5-7-16(8-6-15)31(27,28)24(12-3-10-21)13-4-11-22/h5-9,14H,2-4,12-13H2,1H3,(H,23,25). The summed E-state index contributed by atoms with van der Waals surface area (Å²) in [4.78, 5) is 24.4. The minimum atomic E-state index is -3.92. The second kappa shape index (κ2) is 11.2. The number of nitriles is 2. The lowest BCUT2D eigenvalue weighted by Crippen LogP contribution is -2.32. The van der Waals surface area contributed by atoms with Gasteiger partial charge in [0, 0.05) is 31.5 Å². The fourth-order valence-corrected chi connectivity index (χ4v) is 4.79. The first kappa shape index (κ1) is 24.0. The van der Waals surface area contributed by atoms with Crippen LogP contribution in [0.4, 0.5) is 5.00 Å². The van der Waals surface area contributed by atoms with Crippen molar-refractivity contribution < 1.29 is 22.7 Å². The molecule has 1 aromatic carbocycles. The van der Waals surface area contributed by atoms with E-state index in [9.17, 15) is 18.0 Å². The van der Waals surface area contributed by atoms with Gasteiger partial charge in [0.1, 0.15) is 5.00 Å². The van der Waals surface area contributed by atoms with Crippen molar-refractivity contribution in [2.24, 2.45) is 0 Å². The maximum Gasteiger partial charge on any atom is 0.341 e. The van der Waals surface area contributed by atoms with E-state index in [1.54, 1.807) is 18.4 Å². The number of anilines is 1. The lowest BCUT2D eigenvalue weighted by molar-refractivity contribution is 0.0528. The van der Waals surface area contributed by atoms with Gasteiger partial charge in [-0.2, -0.15) is 14.8 Å². The molecule has 0 unspecified atom stereocenters. The van der Waals surface area contributed by atoms with Gasteiger partial charge in [-0.25, -0.2) is 13.2 Å². The van der Waals surface area contributed by atoms with Crippen LogP contribution in [0.25, 0.3) is 0 Å². The number of amides is 1. The van der Waals surface area contributed by atoms with E-state index in [-0.39, 0.29) is 48.6 Å². The summed E-state index contributed by atoms with van der Waals surface area (Å²) in [6.07, 6.45) is -0.0104. The number of hydrogen-bond acceptors (Lipinski definition) is 8. The molecule has 1 amide bonds. The average molecular weight is 461 g/mol. The van der Waals surface area contributed by atoms with Gasteiger partial charge in [0.25, 0.3) is 5.91 Å². The molecule has 0 aliphatic rings. The number of hydrogen-bond donors (Lipinski definition) is 1. The van der Waals surface area contributed by atoms with Crippen molar-refractivity contribution in [1.29, 1.82) is 10.5 Å². The molecule has 11 heteroatoms. The number of rotatable bonds is 10. The minimum Gasteiger partial charge on any atom is -0.462 e. The van der Waals surface area contributed by atoms with E-state index >= 15 is 0 Å². The van der Waals surface area contributed by atoms with Crippen LogP contribution >= 0.6 is 11.3 Å². The van der Waals surface area contributed by atoms with E-state index in [0.717, 1.165) is 4.31 Å². The molecule has 0 aliphatic heterocycles. The smallest absolute Gasteiger partial charge is 0.341 e. The maximum absolute atomic E-state index is 12.8. The molecular formula is C20H20N4O5S2. The number of sulfonamides is 1. The predicted molar refractivity (Wildman–Crippen MR) is 114 cm³/mol. The van der Waals surface area contributed by atoms with Gasteiger partial charge >= 0.3 is 5.97 Å². The third-order valence-electron chi connectivity index (χ3n) is 4.09. The summed E-state index contributed by atoms with van der Waals surface area (Å²) in [5, 5.41) is 22.1. The zero-order valence-electron chi connectivity index (χ0n) is 16.7. The first-order chi connectivity index (χ1) is 14.8. The van der Waals surface area contributed by atoms with Crippen LogP contribution in [0.15, 0.2) is 40.6 Å². The van der Waals surface area contributed by atoms with Crippen LogP contribution in [-0.4, -0.2) is 44.3 Å². The van der Waals surface area contributed by atoms with Crippen LogP contribution in [0.2, 0.25) is 0 Å². The Morgan fingerprint density at radius 3 is 2.26 bits per heavy atom. The van der Waals surface area contributed by atoms with Gasteiger partial charge in [-0.3, -0.25) is 4.79 Å². The van der Waals surface area contributed by atoms with Crippen LogP contribution in [0, 0.1) is 22.7 Å². The van der Waals surface area contributed by atoms with E-state index in [1.807, 2.05) is 12.1 Å². The average Bonchev–Trinajstić information content (AvgIpc) is 3.22. The third kappa shape index (κ3) is 6.12. The number of nitrogens with zero attached hydrogens (tertiary/aromatic N) is 3. The molecule has 2 aromatic rings. The van der Waals surface area contributed by atoms with Crippen LogP contribution in [0.5, 0.6) is 0 Å². The number of nitrogens with one attached hydrogen (secondary N) is 1. The van der Waals surface area contributed by atoms with Crippen LogP contribution < -0.4 is 5.32 Å². The Morgan fingerprint density at radius 2 is 1.71 bits per heavy atom. The van der Waals surface area contributed by atoms with E-state index in [4.69, 9.17) is 15.3 Å². The SMILES string of the molecule is CCOC(=O)c1ccsc1NC(=O)c1ccc(S(=O)(=O)N(CCC#N)CCC#N)cc1. The minimum absolute atomic E-state index is 0.00520. The Labute approximate surface area is 184 Å². The van der Waals surface area contributed by atoms with Gasteiger partial charge in [-0.1, -0.05) is 0 Å². The summed E-state index contributed by atoms with van der Waals surface area (Å²) in [6, 6.07) is 10.6. The Hall–Kier alpha value is -3.25. The summed E-state index contributed by atoms with van der Waals surface area (Å²) in [6.45, 7) is 1.83. The number of carbonyl (C=O) groups excluding carboxylic acids is 2. The van der Waals surface area contributed by atoms with Gasteiger partial charge in [-0.05, 0) is 42.6 Å². The Kier molecular flexibility index (Phi) is 8.70. The highest BCUT2D eigenvalue weighted by atomic mass is 32.2. The summed E-state index contributed by atoms with van der Waals surface area (Å²) in [5.41, 5.74) is 0.438. The number of esters is 1. The maximum atomic E-state index is 12.8. The lowest BCUT2D eigenvalue weighted by Gasteiger charge is -2.20. The van der Waals surface area contributed by atoms with Gasteiger partial charge in [0.15, 0.2) is 0 Å². The molecular weight excluding hydrogens is 440 g/mol. The van der Waals surface area contributed by atoms with E-state index in [0.29, 0.717) is 5.00 Å². The highest BCUT2D eigenvalue weighted by Gasteiger charge is 2.24. The molecule has 1 heterocycles. The first-order valence-corrected chi connectivity index (χ1v) is 11.6. The zero-order chi connectivity index (χ0) is 22.9. The van der Waals surface area contributed by atoms with Crippen molar-refractivity contribution in [3.8, 4) is 12.1 Å². The van der Waals surface area contributed by atoms with Crippen molar-refractivity contribution in [2.45, 2.75) is 24.7 Å². The quantitative estimate of drug-likeness (QED) is 0.537. The Bertz CT molecular complexity index is 1090. The highest BCUT2D eigenvalue weighted by molar-refractivity contribution is 7.89. The molecule has 162 valence electrons. The van der Waals surface area contributed by atoms with Crippen LogP contribution in [-0.2, 0) is 14.8 Å². The molecule has 9 nitrogen and oxygen atoms in total. The summed E-state index contributed by atoms with van der Waals surface area (Å²) >= 11 is 1.17. The number of thiophene rings is 1. The molecule has 0 atom stereocenters. The summed E-state index contributed by atoms with van der Waals surface area (Å²) in [5.74, 6) is -1.06. The van der Waals surface area contributed by atoms with Crippen LogP contribution in [0.3, 0.4) is 0 Å². The Balaban J connectivity index is 2.18. The normalized spacial score (nSPS) is 10.8. The van der Waals surface area contributed by atoms with Crippen molar-refractivity contribution >= 4 is 38.2 Å². The van der Waals surface area contributed by atoms with Crippen LogP contribution in [0.1, 0.15) is 40.5 Å². The third-order valence-corrected chi connectivity index (χ3v) is 6.83. The molecule has 1 aromatic heterocycles. The molecule has 0 spiro atoms. The molecule has 0 radical (unpaired) electrons. The first-order valence-electron chi connectivity index (χ1n) is 9.25. The summed E-state index contributed by atoms with van der Waals surface area (Å²) < 4.78 is 31.7. The molecule has 0 aliphatic carbocycles. The monoisotopic (exact) mass is 460 g/mol. The second-order valence-electron chi connectivity index (χ2n) is 6.08. The van der Waals surface area contributed by atoms with Gasteiger partial charge in [0.2, 0.25) is 10.0 Å². The Morgan fingerprint density at radius 1 is 1.10 bits per heavy atom. The van der Waals surface area contributed by atoms with E-state index in [2.05, 4.69) is 5.32 Å². The number of carbonyl (C=O) groups is 2. The molecule has 0 fully saturated rings. The summed E-state index contributed by atoms with van der Waals surface area (Å²) in [7, 11) is -3.92. The molecule has 2 rings (SSSR count). The van der Waals surface area contributed by atoms with Gasteiger partial charge < -0.3 is 10.1 Å². The van der Waals surface area contributed by atoms with Crippen molar-refractivity contribution in [3.63, 3.8) is 0 Å². The van der Waals surface area contributed by atoms with Crippen molar-refractivity contribution in [2.75, 3.05) is 25.0 Å². The highest BCUT2D eigenvalue weighted by Crippen LogP contribution is 2.25. The molecule has 0 saturated carbocycles. The molecule has 0 saturated heterocycles. The van der Waals surface area contributed by atoms with E-state index in [1.165, 1.54) is 35.6 Å². The molecule has 0 bridgehead atoms. The number of benzene rings is 1. The predicted octanol–water partition coefficient (Wildman–Crippen LogP) is 3.00. The molecule has 31 heavy (non-hydrogen) atoms. The fraction of sp³-hybridized carbons (Fsp3) is 0.300. The zero-order valence-corrected chi connectivity index (χ0v) is 18.3. The largest absolute Gasteiger partial charge is 0.462 e. The van der Waals surface area contributed by atoms with Gasteiger partial charge in [0.05, 0.1) is 29.2 Å². The van der Waals surface area contributed by atoms with E-state index < -0.39 is 21.9 Å². The van der Waals surface area contributed by atoms with Crippen molar-refractivity contribution in [3.05, 3.63) is 46.8 Å².